The van der Waals surface area contributed by atoms with Gasteiger partial charge in [-0.25, -0.2) is 0 Å². The standard InChI is InChI=1S/C23H19F3N4O2/c1-14-21-16(15-8-4-3-5-9-15)12-20(28-22(21)30(2)29-14)32-13-19(31)27-18-11-7-6-10-17(18)23(24,25)26/h3-12H,13H2,1-2H3,(H,27,31). The van der Waals surface area contributed by atoms with Gasteiger partial charge in [0.05, 0.1) is 22.3 Å². The van der Waals surface area contributed by atoms with Crippen LogP contribution in [0.15, 0.2) is 60.7 Å². The number of hydrogen-bond donors (Lipinski definition) is 1. The summed E-state index contributed by atoms with van der Waals surface area (Å²) in [6, 6.07) is 16.0. The van der Waals surface area contributed by atoms with Gasteiger partial charge >= 0.3 is 6.18 Å². The number of carbonyl (C=O) groups is 1. The third kappa shape index (κ3) is 4.27. The molecule has 0 unspecified atom stereocenters. The number of carbonyl (C=O) groups excluding carboxylic acids is 1. The molecule has 0 saturated carbocycles. The van der Waals surface area contributed by atoms with Gasteiger partial charge < -0.3 is 10.1 Å². The van der Waals surface area contributed by atoms with Crippen LogP contribution in [0.1, 0.15) is 11.3 Å². The van der Waals surface area contributed by atoms with Crippen molar-refractivity contribution in [3.63, 3.8) is 0 Å². The van der Waals surface area contributed by atoms with Crippen LogP contribution >= 0.6 is 0 Å². The molecule has 6 nitrogen and oxygen atoms in total. The van der Waals surface area contributed by atoms with Crippen LogP contribution < -0.4 is 10.1 Å². The largest absolute Gasteiger partial charge is 0.467 e. The molecule has 4 aromatic rings. The van der Waals surface area contributed by atoms with E-state index >= 15 is 0 Å². The first kappa shape index (κ1) is 21.4. The Hall–Kier alpha value is -3.88. The molecule has 4 rings (SSSR count). The van der Waals surface area contributed by atoms with Crippen LogP contribution in [0.25, 0.3) is 22.2 Å². The minimum absolute atomic E-state index is 0.165. The average molecular weight is 440 g/mol. The quantitative estimate of drug-likeness (QED) is 0.475. The van der Waals surface area contributed by atoms with E-state index in [0.717, 1.165) is 28.3 Å². The number of rotatable bonds is 5. The van der Waals surface area contributed by atoms with Crippen molar-refractivity contribution in [2.75, 3.05) is 11.9 Å². The molecule has 0 saturated heterocycles. The molecular weight excluding hydrogens is 421 g/mol. The SMILES string of the molecule is Cc1nn(C)c2nc(OCC(=O)Nc3ccccc3C(F)(F)F)cc(-c3ccccc3)c12. The lowest BCUT2D eigenvalue weighted by atomic mass is 10.0. The summed E-state index contributed by atoms with van der Waals surface area (Å²) in [5.74, 6) is -0.565. The van der Waals surface area contributed by atoms with E-state index in [1.54, 1.807) is 17.8 Å². The lowest BCUT2D eigenvalue weighted by Crippen LogP contribution is -2.22. The van der Waals surface area contributed by atoms with E-state index < -0.39 is 24.3 Å². The summed E-state index contributed by atoms with van der Waals surface area (Å²) < 4.78 is 46.6. The van der Waals surface area contributed by atoms with Gasteiger partial charge in [-0.15, -0.1) is 0 Å². The number of nitrogens with zero attached hydrogens (tertiary/aromatic N) is 3. The van der Waals surface area contributed by atoms with Crippen molar-refractivity contribution in [1.29, 1.82) is 0 Å². The lowest BCUT2D eigenvalue weighted by molar-refractivity contribution is -0.137. The minimum atomic E-state index is -4.58. The Labute approximate surface area is 181 Å². The second kappa shape index (κ2) is 8.33. The van der Waals surface area contributed by atoms with Crippen LogP contribution in [0, 0.1) is 6.92 Å². The second-order valence-corrected chi connectivity index (χ2v) is 7.16. The number of aromatic nitrogens is 3. The summed E-state index contributed by atoms with van der Waals surface area (Å²) in [5.41, 5.74) is 1.86. The number of hydrogen-bond acceptors (Lipinski definition) is 4. The third-order valence-corrected chi connectivity index (χ3v) is 4.89. The summed E-state index contributed by atoms with van der Waals surface area (Å²) in [5, 5.41) is 7.53. The van der Waals surface area contributed by atoms with Crippen LogP contribution in [0.2, 0.25) is 0 Å². The van der Waals surface area contributed by atoms with E-state index in [1.807, 2.05) is 37.3 Å². The molecule has 0 fully saturated rings. The van der Waals surface area contributed by atoms with Gasteiger partial charge in [0, 0.05) is 13.1 Å². The second-order valence-electron chi connectivity index (χ2n) is 7.16. The van der Waals surface area contributed by atoms with E-state index in [4.69, 9.17) is 4.74 Å². The zero-order valence-corrected chi connectivity index (χ0v) is 17.3. The van der Waals surface area contributed by atoms with Gasteiger partial charge in [-0.1, -0.05) is 42.5 Å². The predicted molar refractivity (Wildman–Crippen MR) is 114 cm³/mol. The summed E-state index contributed by atoms with van der Waals surface area (Å²) in [6.07, 6.45) is -4.58. The zero-order valence-electron chi connectivity index (χ0n) is 17.3. The topological polar surface area (TPSA) is 69.0 Å². The summed E-state index contributed by atoms with van der Waals surface area (Å²) >= 11 is 0. The summed E-state index contributed by atoms with van der Waals surface area (Å²) in [4.78, 5) is 16.7. The highest BCUT2D eigenvalue weighted by molar-refractivity contribution is 5.96. The third-order valence-electron chi connectivity index (χ3n) is 4.89. The number of benzene rings is 2. The van der Waals surface area contributed by atoms with Gasteiger partial charge in [0.2, 0.25) is 5.88 Å². The Bertz CT molecular complexity index is 1280. The van der Waals surface area contributed by atoms with E-state index in [0.29, 0.717) is 5.65 Å². The molecular formula is C23H19F3N4O2. The van der Waals surface area contributed by atoms with Gasteiger partial charge in [-0.05, 0) is 30.2 Å². The molecule has 164 valence electrons. The van der Waals surface area contributed by atoms with Crippen LogP contribution in [0.5, 0.6) is 5.88 Å². The maximum Gasteiger partial charge on any atom is 0.418 e. The maximum absolute atomic E-state index is 13.1. The molecule has 2 aromatic heterocycles. The van der Waals surface area contributed by atoms with Gasteiger partial charge in [0.25, 0.3) is 5.91 Å². The molecule has 0 radical (unpaired) electrons. The summed E-state index contributed by atoms with van der Waals surface area (Å²) in [6.45, 7) is 1.37. The molecule has 0 bridgehead atoms. The molecule has 32 heavy (non-hydrogen) atoms. The van der Waals surface area contributed by atoms with Crippen LogP contribution in [0.4, 0.5) is 18.9 Å². The molecule has 9 heteroatoms. The summed E-state index contributed by atoms with van der Waals surface area (Å²) in [7, 11) is 1.75. The molecule has 0 atom stereocenters. The van der Waals surface area contributed by atoms with E-state index in [-0.39, 0.29) is 11.6 Å². The highest BCUT2D eigenvalue weighted by Gasteiger charge is 2.33. The normalized spacial score (nSPS) is 11.5. The number of alkyl halides is 3. The first-order chi connectivity index (χ1) is 15.2. The van der Waals surface area contributed by atoms with Crippen molar-refractivity contribution in [3.05, 3.63) is 71.9 Å². The molecule has 0 aliphatic carbocycles. The zero-order chi connectivity index (χ0) is 22.9. The highest BCUT2D eigenvalue weighted by atomic mass is 19.4. The monoisotopic (exact) mass is 440 g/mol. The number of anilines is 1. The van der Waals surface area contributed by atoms with Crippen LogP contribution in [-0.4, -0.2) is 27.3 Å². The number of halogens is 3. The Morgan fingerprint density at radius 1 is 1.09 bits per heavy atom. The number of fused-ring (bicyclic) bond motifs is 1. The number of amides is 1. The molecule has 1 amide bonds. The Morgan fingerprint density at radius 2 is 1.78 bits per heavy atom. The molecule has 1 N–H and O–H groups in total. The van der Waals surface area contributed by atoms with E-state index in [2.05, 4.69) is 15.4 Å². The Morgan fingerprint density at radius 3 is 2.50 bits per heavy atom. The first-order valence-corrected chi connectivity index (χ1v) is 9.72. The van der Waals surface area contributed by atoms with Crippen molar-refractivity contribution in [3.8, 4) is 17.0 Å². The van der Waals surface area contributed by atoms with Crippen LogP contribution in [0.3, 0.4) is 0 Å². The fraction of sp³-hybridized carbons (Fsp3) is 0.174. The predicted octanol–water partition coefficient (Wildman–Crippen LogP) is 4.98. The van der Waals surface area contributed by atoms with Gasteiger partial charge in [0.15, 0.2) is 12.3 Å². The smallest absolute Gasteiger partial charge is 0.418 e. The fourth-order valence-electron chi connectivity index (χ4n) is 3.51. The van der Waals surface area contributed by atoms with Crippen molar-refractivity contribution >= 4 is 22.6 Å². The maximum atomic E-state index is 13.1. The molecule has 0 aliphatic rings. The van der Waals surface area contributed by atoms with E-state index in [1.165, 1.54) is 18.2 Å². The Balaban J connectivity index is 1.59. The minimum Gasteiger partial charge on any atom is -0.467 e. The van der Waals surface area contributed by atoms with Crippen molar-refractivity contribution < 1.29 is 22.7 Å². The first-order valence-electron chi connectivity index (χ1n) is 9.72. The van der Waals surface area contributed by atoms with E-state index in [9.17, 15) is 18.0 Å². The number of pyridine rings is 1. The van der Waals surface area contributed by atoms with Crippen molar-refractivity contribution in [2.45, 2.75) is 13.1 Å². The number of ether oxygens (including phenoxy) is 1. The molecule has 2 aromatic carbocycles. The van der Waals surface area contributed by atoms with Gasteiger partial charge in [0.1, 0.15) is 0 Å². The van der Waals surface area contributed by atoms with Crippen LogP contribution in [-0.2, 0) is 18.0 Å². The molecule has 0 spiro atoms. The van der Waals surface area contributed by atoms with Gasteiger partial charge in [-0.3, -0.25) is 9.48 Å². The van der Waals surface area contributed by atoms with Gasteiger partial charge in [-0.2, -0.15) is 23.3 Å². The fourth-order valence-corrected chi connectivity index (χ4v) is 3.51. The number of para-hydroxylation sites is 1. The average Bonchev–Trinajstić information content (AvgIpc) is 3.05. The van der Waals surface area contributed by atoms with Crippen molar-refractivity contribution in [1.82, 2.24) is 14.8 Å². The molecule has 0 aliphatic heterocycles. The highest BCUT2D eigenvalue weighted by Crippen LogP contribution is 2.35. The number of nitrogens with one attached hydrogen (secondary N) is 1. The lowest BCUT2D eigenvalue weighted by Gasteiger charge is -2.14. The number of aryl methyl sites for hydroxylation is 2. The van der Waals surface area contributed by atoms with Crippen molar-refractivity contribution in [2.24, 2.45) is 7.05 Å². The Kier molecular flexibility index (Phi) is 5.56. The molecule has 2 heterocycles.